The predicted octanol–water partition coefficient (Wildman–Crippen LogP) is 14.4. The van der Waals surface area contributed by atoms with Crippen LogP contribution in [0.3, 0.4) is 0 Å². The highest BCUT2D eigenvalue weighted by Crippen LogP contribution is 2.42. The first-order valence-electron chi connectivity index (χ1n) is 17.8. The van der Waals surface area contributed by atoms with Gasteiger partial charge in [0, 0.05) is 39.3 Å². The highest BCUT2D eigenvalue weighted by molar-refractivity contribution is 6.15. The van der Waals surface area contributed by atoms with Gasteiger partial charge in [0.05, 0.1) is 0 Å². The molecule has 0 atom stereocenters. The molecule has 0 saturated carbocycles. The zero-order valence-corrected chi connectivity index (χ0v) is 28.4. The Morgan fingerprint density at radius 1 is 0.308 bits per heavy atom. The molecule has 9 aromatic carbocycles. The van der Waals surface area contributed by atoms with E-state index in [9.17, 15) is 0 Å². The van der Waals surface area contributed by atoms with E-state index in [0.717, 1.165) is 44.4 Å². The summed E-state index contributed by atoms with van der Waals surface area (Å²) in [5, 5.41) is 7.03. The number of hydrogen-bond donors (Lipinski definition) is 0. The van der Waals surface area contributed by atoms with Crippen molar-refractivity contribution in [3.63, 3.8) is 0 Å². The Kier molecular flexibility index (Phi) is 7.18. The third kappa shape index (κ3) is 5.21. The Balaban J connectivity index is 1.09. The van der Waals surface area contributed by atoms with Crippen molar-refractivity contribution in [1.82, 2.24) is 0 Å². The van der Waals surface area contributed by atoms with E-state index in [-0.39, 0.29) is 0 Å². The van der Waals surface area contributed by atoms with Crippen LogP contribution in [-0.4, -0.2) is 0 Å². The van der Waals surface area contributed by atoms with Gasteiger partial charge >= 0.3 is 0 Å². The smallest absolute Gasteiger partial charge is 0.143 e. The van der Waals surface area contributed by atoms with E-state index >= 15 is 0 Å². The minimum Gasteiger partial charge on any atom is -0.455 e. The van der Waals surface area contributed by atoms with Gasteiger partial charge in [-0.1, -0.05) is 152 Å². The number of anilines is 3. The Bertz CT molecular complexity index is 2880. The van der Waals surface area contributed by atoms with Crippen LogP contribution in [0.1, 0.15) is 0 Å². The number of furan rings is 1. The van der Waals surface area contributed by atoms with Crippen LogP contribution in [0.5, 0.6) is 0 Å². The van der Waals surface area contributed by atoms with Gasteiger partial charge in [0.1, 0.15) is 11.2 Å². The molecule has 0 saturated heterocycles. The maximum absolute atomic E-state index is 6.66. The van der Waals surface area contributed by atoms with E-state index in [4.69, 9.17) is 4.42 Å². The van der Waals surface area contributed by atoms with Crippen molar-refractivity contribution < 1.29 is 4.42 Å². The molecular formula is C50H33NO. The van der Waals surface area contributed by atoms with Gasteiger partial charge in [0.15, 0.2) is 0 Å². The van der Waals surface area contributed by atoms with Crippen LogP contribution in [0.2, 0.25) is 0 Å². The first-order valence-corrected chi connectivity index (χ1v) is 17.8. The van der Waals surface area contributed by atoms with Gasteiger partial charge in [-0.15, -0.1) is 0 Å². The summed E-state index contributed by atoms with van der Waals surface area (Å²) < 4.78 is 6.66. The minimum atomic E-state index is 0.870. The molecule has 0 aliphatic rings. The third-order valence-electron chi connectivity index (χ3n) is 10.3. The maximum Gasteiger partial charge on any atom is 0.143 e. The minimum absolute atomic E-state index is 0.870. The van der Waals surface area contributed by atoms with Gasteiger partial charge in [-0.3, -0.25) is 0 Å². The normalized spacial score (nSPS) is 11.5. The lowest BCUT2D eigenvalue weighted by Gasteiger charge is -2.26. The molecule has 1 aromatic heterocycles. The second-order valence-electron chi connectivity index (χ2n) is 13.3. The van der Waals surface area contributed by atoms with Crippen molar-refractivity contribution in [2.45, 2.75) is 0 Å². The van der Waals surface area contributed by atoms with E-state index in [2.05, 4.69) is 205 Å². The number of hydrogen-bond acceptors (Lipinski definition) is 2. The zero-order valence-electron chi connectivity index (χ0n) is 28.4. The van der Waals surface area contributed by atoms with Gasteiger partial charge in [0.2, 0.25) is 0 Å². The topological polar surface area (TPSA) is 16.4 Å². The van der Waals surface area contributed by atoms with Crippen LogP contribution in [0.4, 0.5) is 17.1 Å². The van der Waals surface area contributed by atoms with E-state index < -0.39 is 0 Å². The highest BCUT2D eigenvalue weighted by atomic mass is 16.3. The molecule has 0 amide bonds. The number of rotatable bonds is 6. The largest absolute Gasteiger partial charge is 0.455 e. The highest BCUT2D eigenvalue weighted by Gasteiger charge is 2.18. The number of benzene rings is 9. The molecule has 2 heteroatoms. The summed E-state index contributed by atoms with van der Waals surface area (Å²) in [5.41, 5.74) is 12.2. The molecule has 0 spiro atoms. The second-order valence-corrected chi connectivity index (χ2v) is 13.3. The molecule has 244 valence electrons. The molecule has 0 aliphatic heterocycles. The summed E-state index contributed by atoms with van der Waals surface area (Å²) in [7, 11) is 0. The molecule has 0 unspecified atom stereocenters. The lowest BCUT2D eigenvalue weighted by atomic mass is 9.97. The van der Waals surface area contributed by atoms with E-state index in [1.807, 2.05) is 0 Å². The molecule has 0 radical (unpaired) electrons. The standard InChI is InChI=1S/C50H33NO/c1-2-10-34(11-3-1)35-20-22-36(23-21-35)37-24-27-41(28-25-37)51(42-16-8-15-40(32-42)45-19-9-14-38-12-4-6-17-44(38)45)43-29-31-47-48-30-26-39-13-5-7-18-46(39)50(48)52-49(47)33-43/h1-33H. The molecule has 1 heterocycles. The number of nitrogens with zero attached hydrogens (tertiary/aromatic N) is 1. The fourth-order valence-electron chi connectivity index (χ4n) is 7.66. The van der Waals surface area contributed by atoms with E-state index in [1.54, 1.807) is 0 Å². The quantitative estimate of drug-likeness (QED) is 0.176. The van der Waals surface area contributed by atoms with Crippen LogP contribution < -0.4 is 4.90 Å². The fourth-order valence-corrected chi connectivity index (χ4v) is 7.66. The van der Waals surface area contributed by atoms with Crippen LogP contribution in [0.25, 0.3) is 76.9 Å². The van der Waals surface area contributed by atoms with Crippen molar-refractivity contribution in [1.29, 1.82) is 0 Å². The van der Waals surface area contributed by atoms with E-state index in [0.29, 0.717) is 0 Å². The molecule has 52 heavy (non-hydrogen) atoms. The van der Waals surface area contributed by atoms with Gasteiger partial charge in [0.25, 0.3) is 0 Å². The van der Waals surface area contributed by atoms with Gasteiger partial charge in [-0.05, 0) is 92.0 Å². The molecule has 10 aromatic rings. The SMILES string of the molecule is c1ccc(-c2ccc(-c3ccc(N(c4cccc(-c5cccc6ccccc56)c4)c4ccc5c(c4)oc4c6ccccc6ccc54)cc3)cc2)cc1. The Morgan fingerprint density at radius 3 is 1.62 bits per heavy atom. The summed E-state index contributed by atoms with van der Waals surface area (Å²) in [6, 6.07) is 71.6. The van der Waals surface area contributed by atoms with Crippen molar-refractivity contribution in [3.05, 3.63) is 200 Å². The Labute approximate surface area is 302 Å². The zero-order chi connectivity index (χ0) is 34.4. The molecule has 0 fully saturated rings. The average molecular weight is 664 g/mol. The monoisotopic (exact) mass is 663 g/mol. The lowest BCUT2D eigenvalue weighted by molar-refractivity contribution is 0.672. The van der Waals surface area contributed by atoms with Gasteiger partial charge < -0.3 is 9.32 Å². The lowest BCUT2D eigenvalue weighted by Crippen LogP contribution is -2.10. The first-order chi connectivity index (χ1) is 25.8. The predicted molar refractivity (Wildman–Crippen MR) is 220 cm³/mol. The Hall–Kier alpha value is -6.90. The van der Waals surface area contributed by atoms with Gasteiger partial charge in [-0.25, -0.2) is 0 Å². The summed E-state index contributed by atoms with van der Waals surface area (Å²) in [4.78, 5) is 2.33. The summed E-state index contributed by atoms with van der Waals surface area (Å²) >= 11 is 0. The Morgan fingerprint density at radius 2 is 0.846 bits per heavy atom. The fraction of sp³-hybridized carbons (Fsp3) is 0. The number of fused-ring (bicyclic) bond motifs is 6. The summed E-state index contributed by atoms with van der Waals surface area (Å²) in [6.07, 6.45) is 0. The van der Waals surface area contributed by atoms with Crippen molar-refractivity contribution in [3.8, 4) is 33.4 Å². The molecule has 0 N–H and O–H groups in total. The van der Waals surface area contributed by atoms with Crippen molar-refractivity contribution in [2.75, 3.05) is 4.90 Å². The molecular weight excluding hydrogens is 631 g/mol. The third-order valence-corrected chi connectivity index (χ3v) is 10.3. The van der Waals surface area contributed by atoms with Crippen molar-refractivity contribution in [2.24, 2.45) is 0 Å². The van der Waals surface area contributed by atoms with Gasteiger partial charge in [-0.2, -0.15) is 0 Å². The summed E-state index contributed by atoms with van der Waals surface area (Å²) in [6.45, 7) is 0. The second kappa shape index (κ2) is 12.5. The van der Waals surface area contributed by atoms with Crippen LogP contribution in [0.15, 0.2) is 205 Å². The molecule has 2 nitrogen and oxygen atoms in total. The average Bonchev–Trinajstić information content (AvgIpc) is 3.60. The van der Waals surface area contributed by atoms with Crippen molar-refractivity contribution >= 4 is 60.5 Å². The molecule has 10 rings (SSSR count). The van der Waals surface area contributed by atoms with Crippen LogP contribution >= 0.6 is 0 Å². The molecule has 0 bridgehead atoms. The van der Waals surface area contributed by atoms with Crippen LogP contribution in [-0.2, 0) is 0 Å². The summed E-state index contributed by atoms with van der Waals surface area (Å²) in [5.74, 6) is 0. The van der Waals surface area contributed by atoms with E-state index in [1.165, 1.54) is 49.5 Å². The van der Waals surface area contributed by atoms with Crippen LogP contribution in [0, 0.1) is 0 Å². The first kappa shape index (κ1) is 30.0. The maximum atomic E-state index is 6.66. The molecule has 0 aliphatic carbocycles.